The third-order valence-electron chi connectivity index (χ3n) is 3.70. The van der Waals surface area contributed by atoms with Crippen LogP contribution in [0.5, 0.6) is 5.75 Å². The molecule has 3 rings (SSSR count). The zero-order valence-corrected chi connectivity index (χ0v) is 13.8. The second kappa shape index (κ2) is 6.18. The number of rotatable bonds is 4. The Bertz CT molecular complexity index is 1010. The van der Waals surface area contributed by atoms with E-state index in [9.17, 15) is 14.1 Å². The zero-order valence-electron chi connectivity index (χ0n) is 13.0. The van der Waals surface area contributed by atoms with Gasteiger partial charge in [-0.3, -0.25) is 4.79 Å². The lowest BCUT2D eigenvalue weighted by atomic mass is 10.1. The molecule has 1 unspecified atom stereocenters. The van der Waals surface area contributed by atoms with Crippen LogP contribution in [0.25, 0.3) is 21.9 Å². The van der Waals surface area contributed by atoms with Gasteiger partial charge in [0, 0.05) is 6.07 Å². The second-order valence-corrected chi connectivity index (χ2v) is 6.79. The summed E-state index contributed by atoms with van der Waals surface area (Å²) in [5, 5.41) is 9.45. The highest BCUT2D eigenvalue weighted by atomic mass is 32.2. The summed E-state index contributed by atoms with van der Waals surface area (Å²) in [6, 6.07) is 7.16. The second-order valence-electron chi connectivity index (χ2n) is 5.08. The number of carbonyl (C=O) groups is 1. The maximum Gasteiger partial charge on any atom is 0.335 e. The zero-order chi connectivity index (χ0) is 17.4. The van der Waals surface area contributed by atoms with Gasteiger partial charge < -0.3 is 18.8 Å². The highest BCUT2D eigenvalue weighted by molar-refractivity contribution is 7.91. The number of ether oxygens (including phenoxy) is 1. The molecule has 1 heterocycles. The number of fused-ring (bicyclic) bond motifs is 2. The maximum absolute atomic E-state index is 12.8. The largest absolute Gasteiger partial charge is 0.611 e. The average molecular weight is 346 g/mol. The fourth-order valence-corrected chi connectivity index (χ4v) is 3.39. The van der Waals surface area contributed by atoms with Crippen LogP contribution in [0.3, 0.4) is 0 Å². The summed E-state index contributed by atoms with van der Waals surface area (Å²) in [7, 11) is 1.45. The molecule has 0 bridgehead atoms. The van der Waals surface area contributed by atoms with E-state index in [-0.39, 0.29) is 32.9 Å². The maximum atomic E-state index is 12.8. The summed E-state index contributed by atoms with van der Waals surface area (Å²) >= 11 is -1.35. The first-order valence-electron chi connectivity index (χ1n) is 7.16. The normalized spacial score (nSPS) is 12.5. The van der Waals surface area contributed by atoms with Crippen molar-refractivity contribution in [2.45, 2.75) is 11.8 Å². The highest BCUT2D eigenvalue weighted by Crippen LogP contribution is 2.30. The van der Waals surface area contributed by atoms with E-state index in [1.165, 1.54) is 31.4 Å². The van der Waals surface area contributed by atoms with Crippen LogP contribution in [0.4, 0.5) is 0 Å². The van der Waals surface area contributed by atoms with Gasteiger partial charge in [-0.1, -0.05) is 0 Å². The van der Waals surface area contributed by atoms with E-state index in [2.05, 4.69) is 0 Å². The number of methoxy groups -OCH3 is 1. The molecule has 1 aromatic heterocycles. The van der Waals surface area contributed by atoms with Crippen molar-refractivity contribution in [3.05, 3.63) is 46.1 Å². The van der Waals surface area contributed by atoms with Gasteiger partial charge in [-0.05, 0) is 42.4 Å². The number of carboxylic acid groups (broad SMARTS) is 1. The molecule has 3 aromatic rings. The van der Waals surface area contributed by atoms with Crippen LogP contribution >= 0.6 is 0 Å². The predicted octanol–water partition coefficient (Wildman–Crippen LogP) is 2.78. The van der Waals surface area contributed by atoms with Gasteiger partial charge >= 0.3 is 5.97 Å². The molecule has 0 aliphatic rings. The SMILES string of the molecule is CC[S+]([O-])c1cc(OC)cc2c(=O)c3cc(C(=O)O)ccc3oc12. The molecular formula is C17H14O6S. The smallest absolute Gasteiger partial charge is 0.335 e. The van der Waals surface area contributed by atoms with Gasteiger partial charge in [0.1, 0.15) is 17.1 Å². The Morgan fingerprint density at radius 2 is 2.04 bits per heavy atom. The number of aromatic carboxylic acids is 1. The molecule has 7 heteroatoms. The van der Waals surface area contributed by atoms with E-state index < -0.39 is 17.1 Å². The summed E-state index contributed by atoms with van der Waals surface area (Å²) < 4.78 is 23.3. The van der Waals surface area contributed by atoms with Crippen molar-refractivity contribution in [3.63, 3.8) is 0 Å². The van der Waals surface area contributed by atoms with Crippen molar-refractivity contribution in [1.29, 1.82) is 0 Å². The minimum atomic E-state index is -1.35. The predicted molar refractivity (Wildman–Crippen MR) is 90.5 cm³/mol. The molecular weight excluding hydrogens is 332 g/mol. The number of benzene rings is 2. The molecule has 0 aliphatic carbocycles. The van der Waals surface area contributed by atoms with E-state index in [4.69, 9.17) is 14.3 Å². The standard InChI is InChI=1S/C17H14O6S/c1-3-24(21)14-8-10(22-2)7-12-15(18)11-6-9(17(19)20)4-5-13(11)23-16(12)14/h4-8H,3H2,1-2H3,(H,19,20). The molecule has 6 nitrogen and oxygen atoms in total. The Morgan fingerprint density at radius 3 is 2.67 bits per heavy atom. The summed E-state index contributed by atoms with van der Waals surface area (Å²) in [5.74, 6) is -0.378. The highest BCUT2D eigenvalue weighted by Gasteiger charge is 2.21. The molecule has 0 fully saturated rings. The van der Waals surface area contributed by atoms with Crippen LogP contribution in [-0.4, -0.2) is 28.5 Å². The Balaban J connectivity index is 2.44. The topological polar surface area (TPSA) is 99.8 Å². The van der Waals surface area contributed by atoms with Gasteiger partial charge in [-0.25, -0.2) is 4.79 Å². The average Bonchev–Trinajstić information content (AvgIpc) is 2.60. The number of carboxylic acids is 1. The lowest BCUT2D eigenvalue weighted by Gasteiger charge is -2.12. The van der Waals surface area contributed by atoms with Crippen molar-refractivity contribution < 1.29 is 23.6 Å². The molecule has 0 spiro atoms. The molecule has 0 saturated heterocycles. The lowest BCUT2D eigenvalue weighted by Crippen LogP contribution is -2.09. The molecule has 124 valence electrons. The molecule has 1 atom stereocenters. The van der Waals surface area contributed by atoms with Gasteiger partial charge in [0.25, 0.3) is 0 Å². The fraction of sp³-hybridized carbons (Fsp3) is 0.176. The van der Waals surface area contributed by atoms with E-state index in [1.54, 1.807) is 13.0 Å². The molecule has 0 amide bonds. The summed E-state index contributed by atoms with van der Waals surface area (Å²) in [5.41, 5.74) is 0.0885. The van der Waals surface area contributed by atoms with E-state index in [0.717, 1.165) is 0 Å². The van der Waals surface area contributed by atoms with Crippen molar-refractivity contribution >= 4 is 39.1 Å². The van der Waals surface area contributed by atoms with Gasteiger partial charge in [0.05, 0.1) is 23.4 Å². The molecule has 0 saturated carbocycles. The minimum Gasteiger partial charge on any atom is -0.611 e. The van der Waals surface area contributed by atoms with Gasteiger partial charge in [0.15, 0.2) is 10.5 Å². The van der Waals surface area contributed by atoms with Gasteiger partial charge in [-0.15, -0.1) is 0 Å². The quantitative estimate of drug-likeness (QED) is 0.576. The van der Waals surface area contributed by atoms with Crippen LogP contribution in [-0.2, 0) is 11.2 Å². The first kappa shape index (κ1) is 16.4. The third kappa shape index (κ3) is 2.61. The Kier molecular flexibility index (Phi) is 4.21. The van der Waals surface area contributed by atoms with Crippen molar-refractivity contribution in [2.75, 3.05) is 12.9 Å². The summed E-state index contributed by atoms with van der Waals surface area (Å²) in [4.78, 5) is 24.3. The fourth-order valence-electron chi connectivity index (χ4n) is 2.48. The van der Waals surface area contributed by atoms with E-state index >= 15 is 0 Å². The van der Waals surface area contributed by atoms with Crippen LogP contribution in [0.2, 0.25) is 0 Å². The molecule has 24 heavy (non-hydrogen) atoms. The monoisotopic (exact) mass is 346 g/mol. The summed E-state index contributed by atoms with van der Waals surface area (Å²) in [6.07, 6.45) is 0. The molecule has 0 radical (unpaired) electrons. The van der Waals surface area contributed by atoms with Crippen molar-refractivity contribution in [2.24, 2.45) is 0 Å². The molecule has 0 aliphatic heterocycles. The first-order valence-corrected chi connectivity index (χ1v) is 8.48. The Labute approximate surface area is 139 Å². The van der Waals surface area contributed by atoms with Crippen LogP contribution in [0, 0.1) is 0 Å². The van der Waals surface area contributed by atoms with Crippen LogP contribution in [0.1, 0.15) is 17.3 Å². The number of hydrogen-bond acceptors (Lipinski definition) is 5. The van der Waals surface area contributed by atoms with Gasteiger partial charge in [0.2, 0.25) is 5.43 Å². The van der Waals surface area contributed by atoms with Crippen molar-refractivity contribution in [1.82, 2.24) is 0 Å². The Morgan fingerprint density at radius 1 is 1.29 bits per heavy atom. The molecule has 2 aromatic carbocycles. The molecule has 1 N–H and O–H groups in total. The number of hydrogen-bond donors (Lipinski definition) is 1. The van der Waals surface area contributed by atoms with Crippen LogP contribution < -0.4 is 10.2 Å². The lowest BCUT2D eigenvalue weighted by molar-refractivity contribution is 0.0697. The van der Waals surface area contributed by atoms with E-state index in [1.807, 2.05) is 0 Å². The summed E-state index contributed by atoms with van der Waals surface area (Å²) in [6.45, 7) is 1.76. The van der Waals surface area contributed by atoms with Crippen molar-refractivity contribution in [3.8, 4) is 5.75 Å². The van der Waals surface area contributed by atoms with Gasteiger partial charge in [-0.2, -0.15) is 0 Å². The first-order chi connectivity index (χ1) is 11.5. The Hall–Kier alpha value is -2.51. The minimum absolute atomic E-state index is 0.00518. The van der Waals surface area contributed by atoms with Crippen LogP contribution in [0.15, 0.2) is 44.4 Å². The third-order valence-corrected chi connectivity index (χ3v) is 5.02. The van der Waals surface area contributed by atoms with E-state index in [0.29, 0.717) is 16.4 Å².